The van der Waals surface area contributed by atoms with Crippen LogP contribution in [0.5, 0.6) is 0 Å². The Morgan fingerprint density at radius 1 is 1.22 bits per heavy atom. The van der Waals surface area contributed by atoms with E-state index in [4.69, 9.17) is 0 Å². The van der Waals surface area contributed by atoms with Crippen molar-refractivity contribution >= 4 is 28.8 Å². The van der Waals surface area contributed by atoms with E-state index in [1.165, 1.54) is 11.3 Å². The summed E-state index contributed by atoms with van der Waals surface area (Å²) in [6.45, 7) is 3.99. The van der Waals surface area contributed by atoms with E-state index in [0.29, 0.717) is 28.5 Å². The maximum atomic E-state index is 12.1. The second-order valence-electron chi connectivity index (χ2n) is 5.20. The van der Waals surface area contributed by atoms with Crippen LogP contribution in [-0.2, 0) is 11.2 Å². The smallest absolute Gasteiger partial charge is 0.286 e. The SMILES string of the molecule is CC[C@H](C)NC(=O)CCc1nnc(C(=O)Nc2ccccc2)s1. The fourth-order valence-electron chi connectivity index (χ4n) is 1.82. The average Bonchev–Trinajstić information content (AvgIpc) is 3.03. The number of aryl methyl sites for hydroxylation is 1. The number of hydrogen-bond acceptors (Lipinski definition) is 5. The minimum atomic E-state index is -0.288. The summed E-state index contributed by atoms with van der Waals surface area (Å²) in [5.74, 6) is -0.297. The van der Waals surface area contributed by atoms with Crippen LogP contribution in [0, 0.1) is 0 Å². The van der Waals surface area contributed by atoms with Gasteiger partial charge in [0.1, 0.15) is 5.01 Å². The molecule has 0 saturated heterocycles. The van der Waals surface area contributed by atoms with Gasteiger partial charge in [0, 0.05) is 24.6 Å². The predicted octanol–water partition coefficient (Wildman–Crippen LogP) is 2.64. The molecule has 7 heteroatoms. The molecule has 0 saturated carbocycles. The molecule has 2 aromatic rings. The van der Waals surface area contributed by atoms with Crippen LogP contribution in [0.15, 0.2) is 30.3 Å². The third-order valence-electron chi connectivity index (χ3n) is 3.28. The molecule has 2 N–H and O–H groups in total. The lowest BCUT2D eigenvalue weighted by atomic mass is 10.2. The standard InChI is InChI=1S/C16H20N4O2S/c1-3-11(2)17-13(21)9-10-14-19-20-16(23-14)15(22)18-12-7-5-4-6-8-12/h4-8,11H,3,9-10H2,1-2H3,(H,17,21)(H,18,22)/t11-/m0/s1. The first-order chi connectivity index (χ1) is 11.1. The lowest BCUT2D eigenvalue weighted by molar-refractivity contribution is -0.121. The number of anilines is 1. The number of benzene rings is 1. The Bertz CT molecular complexity index is 657. The highest BCUT2D eigenvalue weighted by atomic mass is 32.1. The van der Waals surface area contributed by atoms with Gasteiger partial charge in [0.25, 0.3) is 5.91 Å². The Hall–Kier alpha value is -2.28. The second-order valence-corrected chi connectivity index (χ2v) is 6.26. The van der Waals surface area contributed by atoms with Crippen LogP contribution < -0.4 is 10.6 Å². The highest BCUT2D eigenvalue weighted by molar-refractivity contribution is 7.13. The molecule has 1 heterocycles. The molecule has 1 aromatic carbocycles. The zero-order chi connectivity index (χ0) is 16.7. The lowest BCUT2D eigenvalue weighted by Gasteiger charge is -2.10. The van der Waals surface area contributed by atoms with Crippen molar-refractivity contribution in [3.63, 3.8) is 0 Å². The Morgan fingerprint density at radius 2 is 1.96 bits per heavy atom. The van der Waals surface area contributed by atoms with E-state index in [9.17, 15) is 9.59 Å². The van der Waals surface area contributed by atoms with Crippen molar-refractivity contribution < 1.29 is 9.59 Å². The van der Waals surface area contributed by atoms with Crippen molar-refractivity contribution in [1.29, 1.82) is 0 Å². The summed E-state index contributed by atoms with van der Waals surface area (Å²) in [6.07, 6.45) is 1.73. The maximum absolute atomic E-state index is 12.1. The topological polar surface area (TPSA) is 84.0 Å². The van der Waals surface area contributed by atoms with E-state index in [0.717, 1.165) is 6.42 Å². The van der Waals surface area contributed by atoms with E-state index >= 15 is 0 Å². The number of amides is 2. The van der Waals surface area contributed by atoms with Gasteiger partial charge in [-0.2, -0.15) is 0 Å². The number of para-hydroxylation sites is 1. The Kier molecular flexibility index (Phi) is 6.22. The molecule has 0 aliphatic rings. The Balaban J connectivity index is 1.85. The number of rotatable bonds is 7. The highest BCUT2D eigenvalue weighted by Crippen LogP contribution is 2.14. The number of hydrogen-bond donors (Lipinski definition) is 2. The van der Waals surface area contributed by atoms with E-state index in [1.54, 1.807) is 12.1 Å². The summed E-state index contributed by atoms with van der Waals surface area (Å²) in [5, 5.41) is 14.5. The van der Waals surface area contributed by atoms with E-state index in [2.05, 4.69) is 20.8 Å². The first kappa shape index (κ1) is 17.1. The molecule has 0 aliphatic heterocycles. The zero-order valence-electron chi connectivity index (χ0n) is 13.2. The van der Waals surface area contributed by atoms with Gasteiger partial charge >= 0.3 is 0 Å². The molecule has 0 unspecified atom stereocenters. The summed E-state index contributed by atoms with van der Waals surface area (Å²) < 4.78 is 0. The molecule has 6 nitrogen and oxygen atoms in total. The molecule has 2 amide bonds. The first-order valence-electron chi connectivity index (χ1n) is 7.56. The molecule has 0 fully saturated rings. The van der Waals surface area contributed by atoms with Crippen molar-refractivity contribution in [1.82, 2.24) is 15.5 Å². The Morgan fingerprint density at radius 3 is 2.65 bits per heavy atom. The van der Waals surface area contributed by atoms with Crippen molar-refractivity contribution in [2.24, 2.45) is 0 Å². The van der Waals surface area contributed by atoms with E-state index < -0.39 is 0 Å². The minimum Gasteiger partial charge on any atom is -0.354 e. The molecule has 23 heavy (non-hydrogen) atoms. The van der Waals surface area contributed by atoms with Gasteiger partial charge in [-0.25, -0.2) is 0 Å². The number of nitrogens with zero attached hydrogens (tertiary/aromatic N) is 2. The van der Waals surface area contributed by atoms with Gasteiger partial charge < -0.3 is 10.6 Å². The van der Waals surface area contributed by atoms with Crippen LogP contribution in [0.1, 0.15) is 41.5 Å². The zero-order valence-corrected chi connectivity index (χ0v) is 14.0. The average molecular weight is 332 g/mol. The highest BCUT2D eigenvalue weighted by Gasteiger charge is 2.14. The molecule has 122 valence electrons. The summed E-state index contributed by atoms with van der Waals surface area (Å²) in [5.41, 5.74) is 0.710. The summed E-state index contributed by atoms with van der Waals surface area (Å²) in [4.78, 5) is 23.8. The largest absolute Gasteiger partial charge is 0.354 e. The molecule has 1 aromatic heterocycles. The van der Waals surface area contributed by atoms with Crippen LogP contribution in [0.25, 0.3) is 0 Å². The quantitative estimate of drug-likeness (QED) is 0.816. The number of carbonyl (C=O) groups excluding carboxylic acids is 2. The number of aromatic nitrogens is 2. The molecular weight excluding hydrogens is 312 g/mol. The van der Waals surface area contributed by atoms with Crippen LogP contribution in [-0.4, -0.2) is 28.1 Å². The van der Waals surface area contributed by atoms with Crippen LogP contribution in [0.4, 0.5) is 5.69 Å². The number of carbonyl (C=O) groups is 2. The molecule has 0 radical (unpaired) electrons. The van der Waals surface area contributed by atoms with Gasteiger partial charge in [-0.15, -0.1) is 10.2 Å². The van der Waals surface area contributed by atoms with Gasteiger partial charge in [-0.3, -0.25) is 9.59 Å². The maximum Gasteiger partial charge on any atom is 0.286 e. The van der Waals surface area contributed by atoms with Crippen molar-refractivity contribution in [3.8, 4) is 0 Å². The lowest BCUT2D eigenvalue weighted by Crippen LogP contribution is -2.31. The fraction of sp³-hybridized carbons (Fsp3) is 0.375. The summed E-state index contributed by atoms with van der Waals surface area (Å²) in [7, 11) is 0. The van der Waals surface area contributed by atoms with Crippen molar-refractivity contribution in [2.75, 3.05) is 5.32 Å². The third-order valence-corrected chi connectivity index (χ3v) is 4.26. The molecule has 0 aliphatic carbocycles. The van der Waals surface area contributed by atoms with Crippen LogP contribution in [0.3, 0.4) is 0 Å². The van der Waals surface area contributed by atoms with Crippen LogP contribution in [0.2, 0.25) is 0 Å². The monoisotopic (exact) mass is 332 g/mol. The van der Waals surface area contributed by atoms with Gasteiger partial charge in [-0.1, -0.05) is 36.5 Å². The molecular formula is C16H20N4O2S. The van der Waals surface area contributed by atoms with E-state index in [1.807, 2.05) is 32.0 Å². The normalized spacial score (nSPS) is 11.7. The molecule has 0 spiro atoms. The first-order valence-corrected chi connectivity index (χ1v) is 8.38. The van der Waals surface area contributed by atoms with Crippen LogP contribution >= 0.6 is 11.3 Å². The predicted molar refractivity (Wildman–Crippen MR) is 90.5 cm³/mol. The van der Waals surface area contributed by atoms with E-state index in [-0.39, 0.29) is 17.9 Å². The summed E-state index contributed by atoms with van der Waals surface area (Å²) >= 11 is 1.21. The van der Waals surface area contributed by atoms with Gasteiger partial charge in [0.2, 0.25) is 10.9 Å². The van der Waals surface area contributed by atoms with Crippen molar-refractivity contribution in [2.45, 2.75) is 39.2 Å². The summed E-state index contributed by atoms with van der Waals surface area (Å²) in [6, 6.07) is 9.35. The number of nitrogens with one attached hydrogen (secondary N) is 2. The molecule has 2 rings (SSSR count). The molecule has 1 atom stereocenters. The van der Waals surface area contributed by atoms with Gasteiger partial charge in [0.15, 0.2) is 0 Å². The minimum absolute atomic E-state index is 0.00941. The second kappa shape index (κ2) is 8.38. The van der Waals surface area contributed by atoms with Gasteiger partial charge in [-0.05, 0) is 25.5 Å². The Labute approximate surface area is 139 Å². The fourth-order valence-corrected chi connectivity index (χ4v) is 2.56. The van der Waals surface area contributed by atoms with Crippen molar-refractivity contribution in [3.05, 3.63) is 40.3 Å². The molecule has 0 bridgehead atoms. The third kappa shape index (κ3) is 5.45. The van der Waals surface area contributed by atoms with Gasteiger partial charge in [0.05, 0.1) is 0 Å².